The van der Waals surface area contributed by atoms with Crippen LogP contribution in [0.15, 0.2) is 42.5 Å². The molecule has 2 fully saturated rings. The first-order chi connectivity index (χ1) is 14.4. The number of hydrogen-bond donors (Lipinski definition) is 1. The average Bonchev–Trinajstić information content (AvgIpc) is 3.02. The zero-order valence-corrected chi connectivity index (χ0v) is 16.5. The molecule has 2 aromatic carbocycles. The molecule has 2 heterocycles. The molecular formula is C21H22N4O5. The van der Waals surface area contributed by atoms with Gasteiger partial charge in [-0.2, -0.15) is 0 Å². The summed E-state index contributed by atoms with van der Waals surface area (Å²) in [7, 11) is 0. The Hall–Kier alpha value is -3.46. The molecule has 2 aliphatic heterocycles. The van der Waals surface area contributed by atoms with Crippen molar-refractivity contribution in [2.75, 3.05) is 41.4 Å². The standard InChI is InChI=1S/C21H22N4O5/c1-14-2-5-17(25(28)29)12-19(14)24-20(26)13-18(21(24)27)22-15-3-6-16(7-4-15)23-8-10-30-11-9-23/h2-7,12,18,22H,8-11,13H2,1H3/t18-/m1/s1. The van der Waals surface area contributed by atoms with Crippen LogP contribution in [-0.2, 0) is 14.3 Å². The molecule has 0 aromatic heterocycles. The van der Waals surface area contributed by atoms with Gasteiger partial charge in [0.1, 0.15) is 6.04 Å². The van der Waals surface area contributed by atoms with Gasteiger partial charge in [-0.15, -0.1) is 0 Å². The number of anilines is 3. The van der Waals surface area contributed by atoms with Crippen LogP contribution >= 0.6 is 0 Å². The number of hydrogen-bond acceptors (Lipinski definition) is 7. The minimum Gasteiger partial charge on any atom is -0.378 e. The first-order valence-corrected chi connectivity index (χ1v) is 9.75. The van der Waals surface area contributed by atoms with Crippen molar-refractivity contribution in [3.05, 3.63) is 58.1 Å². The maximum Gasteiger partial charge on any atom is 0.271 e. The van der Waals surface area contributed by atoms with Gasteiger partial charge in [-0.3, -0.25) is 19.7 Å². The summed E-state index contributed by atoms with van der Waals surface area (Å²) in [5, 5.41) is 14.2. The summed E-state index contributed by atoms with van der Waals surface area (Å²) in [5.41, 5.74) is 2.53. The molecule has 0 saturated carbocycles. The second-order valence-corrected chi connectivity index (χ2v) is 7.34. The van der Waals surface area contributed by atoms with Crippen molar-refractivity contribution in [2.24, 2.45) is 0 Å². The summed E-state index contributed by atoms with van der Waals surface area (Å²) in [6.07, 6.45) is -0.00776. The predicted octanol–water partition coefficient (Wildman–Crippen LogP) is 2.48. The molecule has 0 aliphatic carbocycles. The highest BCUT2D eigenvalue weighted by molar-refractivity contribution is 6.23. The lowest BCUT2D eigenvalue weighted by molar-refractivity contribution is -0.384. The van der Waals surface area contributed by atoms with Crippen LogP contribution in [-0.4, -0.2) is 49.1 Å². The van der Waals surface area contributed by atoms with Gasteiger partial charge in [-0.05, 0) is 36.8 Å². The number of nitrogens with zero attached hydrogens (tertiary/aromatic N) is 3. The van der Waals surface area contributed by atoms with Crippen LogP contribution in [0.2, 0.25) is 0 Å². The highest BCUT2D eigenvalue weighted by atomic mass is 16.6. The number of carbonyl (C=O) groups excluding carboxylic acids is 2. The third-order valence-corrected chi connectivity index (χ3v) is 5.38. The number of nitro groups is 1. The summed E-state index contributed by atoms with van der Waals surface area (Å²) in [5.74, 6) is -0.799. The number of morpholine rings is 1. The normalized spacial score (nSPS) is 19.3. The molecule has 0 unspecified atom stereocenters. The molecule has 0 bridgehead atoms. The lowest BCUT2D eigenvalue weighted by atomic mass is 10.1. The third-order valence-electron chi connectivity index (χ3n) is 5.38. The molecule has 2 aromatic rings. The van der Waals surface area contributed by atoms with E-state index in [0.717, 1.165) is 29.4 Å². The number of benzene rings is 2. The Labute approximate surface area is 173 Å². The van der Waals surface area contributed by atoms with Crippen molar-refractivity contribution in [1.82, 2.24) is 0 Å². The van der Waals surface area contributed by atoms with Crippen LogP contribution in [0.1, 0.15) is 12.0 Å². The molecule has 2 amide bonds. The fraction of sp³-hybridized carbons (Fsp3) is 0.333. The first kappa shape index (κ1) is 19.8. The van der Waals surface area contributed by atoms with E-state index in [2.05, 4.69) is 10.2 Å². The number of nitrogens with one attached hydrogen (secondary N) is 1. The van der Waals surface area contributed by atoms with Crippen LogP contribution in [0.5, 0.6) is 0 Å². The Morgan fingerprint density at radius 3 is 2.47 bits per heavy atom. The topological polar surface area (TPSA) is 105 Å². The number of carbonyl (C=O) groups is 2. The number of non-ortho nitro benzene ring substituents is 1. The monoisotopic (exact) mass is 410 g/mol. The largest absolute Gasteiger partial charge is 0.378 e. The number of imide groups is 1. The van der Waals surface area contributed by atoms with E-state index in [1.807, 2.05) is 24.3 Å². The van der Waals surface area contributed by atoms with Gasteiger partial charge in [0, 0.05) is 36.6 Å². The van der Waals surface area contributed by atoms with Crippen molar-refractivity contribution >= 4 is 34.6 Å². The van der Waals surface area contributed by atoms with Crippen LogP contribution in [0, 0.1) is 17.0 Å². The van der Waals surface area contributed by atoms with E-state index in [4.69, 9.17) is 4.74 Å². The lowest BCUT2D eigenvalue weighted by Gasteiger charge is -2.29. The fourth-order valence-electron chi connectivity index (χ4n) is 3.74. The average molecular weight is 410 g/mol. The number of nitro benzene ring substituents is 1. The Morgan fingerprint density at radius 1 is 1.10 bits per heavy atom. The van der Waals surface area contributed by atoms with Crippen molar-refractivity contribution in [2.45, 2.75) is 19.4 Å². The molecule has 2 aliphatic rings. The Bertz CT molecular complexity index is 985. The van der Waals surface area contributed by atoms with Gasteiger partial charge < -0.3 is 15.0 Å². The molecule has 1 N–H and O–H groups in total. The van der Waals surface area contributed by atoms with E-state index >= 15 is 0 Å². The molecule has 0 spiro atoms. The quantitative estimate of drug-likeness (QED) is 0.459. The second kappa shape index (κ2) is 8.11. The van der Waals surface area contributed by atoms with Crippen molar-refractivity contribution in [3.8, 4) is 0 Å². The summed E-state index contributed by atoms with van der Waals surface area (Å²) in [6.45, 7) is 4.78. The van der Waals surface area contributed by atoms with Crippen molar-refractivity contribution in [3.63, 3.8) is 0 Å². The van der Waals surface area contributed by atoms with Crippen LogP contribution in [0.3, 0.4) is 0 Å². The van der Waals surface area contributed by atoms with Crippen molar-refractivity contribution < 1.29 is 19.2 Å². The molecular weight excluding hydrogens is 388 g/mol. The lowest BCUT2D eigenvalue weighted by Crippen LogP contribution is -2.36. The smallest absolute Gasteiger partial charge is 0.271 e. The first-order valence-electron chi connectivity index (χ1n) is 9.75. The maximum atomic E-state index is 12.9. The highest BCUT2D eigenvalue weighted by Crippen LogP contribution is 2.31. The van der Waals surface area contributed by atoms with E-state index in [1.54, 1.807) is 13.0 Å². The summed E-state index contributed by atoms with van der Waals surface area (Å²) >= 11 is 0. The van der Waals surface area contributed by atoms with E-state index in [9.17, 15) is 19.7 Å². The Morgan fingerprint density at radius 2 is 1.80 bits per heavy atom. The van der Waals surface area contributed by atoms with Gasteiger partial charge in [0.25, 0.3) is 11.6 Å². The van der Waals surface area contributed by atoms with Gasteiger partial charge in [0.2, 0.25) is 5.91 Å². The predicted molar refractivity (Wildman–Crippen MR) is 112 cm³/mol. The molecule has 4 rings (SSSR count). The van der Waals surface area contributed by atoms with Gasteiger partial charge in [0.15, 0.2) is 0 Å². The van der Waals surface area contributed by atoms with Crippen molar-refractivity contribution in [1.29, 1.82) is 0 Å². The molecule has 9 heteroatoms. The summed E-state index contributed by atoms with van der Waals surface area (Å²) in [4.78, 5) is 39.3. The zero-order chi connectivity index (χ0) is 21.3. The minimum absolute atomic E-state index is 0.00776. The molecule has 0 radical (unpaired) electrons. The Kier molecular flexibility index (Phi) is 5.37. The molecule has 9 nitrogen and oxygen atoms in total. The SMILES string of the molecule is Cc1ccc([N+](=O)[O-])cc1N1C(=O)C[C@@H](Nc2ccc(N3CCOCC3)cc2)C1=O. The number of amides is 2. The van der Waals surface area contributed by atoms with Gasteiger partial charge in [0.05, 0.1) is 30.2 Å². The summed E-state index contributed by atoms with van der Waals surface area (Å²) in [6, 6.07) is 11.1. The highest BCUT2D eigenvalue weighted by Gasteiger charge is 2.40. The van der Waals surface area contributed by atoms with E-state index in [-0.39, 0.29) is 23.7 Å². The summed E-state index contributed by atoms with van der Waals surface area (Å²) < 4.78 is 5.37. The van der Waals surface area contributed by atoms with Crippen LogP contribution in [0.4, 0.5) is 22.7 Å². The molecule has 2 saturated heterocycles. The van der Waals surface area contributed by atoms with Crippen LogP contribution < -0.4 is 15.1 Å². The molecule has 156 valence electrons. The number of ether oxygens (including phenoxy) is 1. The van der Waals surface area contributed by atoms with Gasteiger partial charge in [-0.25, -0.2) is 4.90 Å². The van der Waals surface area contributed by atoms with E-state index in [0.29, 0.717) is 18.8 Å². The van der Waals surface area contributed by atoms with E-state index in [1.165, 1.54) is 12.1 Å². The molecule has 30 heavy (non-hydrogen) atoms. The Balaban J connectivity index is 1.49. The number of aryl methyl sites for hydroxylation is 1. The van der Waals surface area contributed by atoms with Crippen LogP contribution in [0.25, 0.3) is 0 Å². The third kappa shape index (κ3) is 3.84. The molecule has 1 atom stereocenters. The van der Waals surface area contributed by atoms with Gasteiger partial charge >= 0.3 is 0 Å². The zero-order valence-electron chi connectivity index (χ0n) is 16.5. The number of rotatable bonds is 5. The fourth-order valence-corrected chi connectivity index (χ4v) is 3.74. The maximum absolute atomic E-state index is 12.9. The second-order valence-electron chi connectivity index (χ2n) is 7.34. The van der Waals surface area contributed by atoms with E-state index < -0.39 is 16.9 Å². The van der Waals surface area contributed by atoms with Gasteiger partial charge in [-0.1, -0.05) is 6.07 Å². The minimum atomic E-state index is -0.717.